The quantitative estimate of drug-likeness (QED) is 0.142. The van der Waals surface area contributed by atoms with E-state index in [1.165, 1.54) is 42.6 Å². The SMILES string of the molecule is CCCCCCc1ccc(N2C(=O)CC[C@@H]2CCCc2ccc(C(=O)OC[C@@H](O)[C@H](O)[C@@H](O)[C@H](O)CO)s2)cc1. The van der Waals surface area contributed by atoms with Gasteiger partial charge in [-0.15, -0.1) is 11.3 Å². The van der Waals surface area contributed by atoms with Crippen molar-refractivity contribution in [3.63, 3.8) is 0 Å². The number of anilines is 1. The van der Waals surface area contributed by atoms with Gasteiger partial charge < -0.3 is 35.2 Å². The first-order valence-electron chi connectivity index (χ1n) is 14.2. The van der Waals surface area contributed by atoms with E-state index in [1.54, 1.807) is 6.07 Å². The molecule has 1 amide bonds. The first kappa shape index (κ1) is 32.2. The lowest BCUT2D eigenvalue weighted by Gasteiger charge is -2.25. The predicted molar refractivity (Wildman–Crippen MR) is 153 cm³/mol. The summed E-state index contributed by atoms with van der Waals surface area (Å²) >= 11 is 1.29. The molecule has 0 radical (unpaired) electrons. The van der Waals surface area contributed by atoms with Crippen molar-refractivity contribution >= 4 is 28.9 Å². The summed E-state index contributed by atoms with van der Waals surface area (Å²) in [6, 6.07) is 12.0. The van der Waals surface area contributed by atoms with Crippen LogP contribution in [-0.2, 0) is 22.4 Å². The summed E-state index contributed by atoms with van der Waals surface area (Å²) in [5.74, 6) is -0.506. The fraction of sp³-hybridized carbons (Fsp3) is 0.600. The number of thiophene rings is 1. The lowest BCUT2D eigenvalue weighted by Crippen LogP contribution is -2.47. The molecule has 222 valence electrons. The fourth-order valence-corrected chi connectivity index (χ4v) is 5.92. The number of amides is 1. The summed E-state index contributed by atoms with van der Waals surface area (Å²) < 4.78 is 5.05. The maximum absolute atomic E-state index is 12.7. The summed E-state index contributed by atoms with van der Waals surface area (Å²) in [6.07, 6.45) is 3.01. The van der Waals surface area contributed by atoms with Crippen molar-refractivity contribution in [3.8, 4) is 0 Å². The Bertz CT molecular complexity index is 1060. The van der Waals surface area contributed by atoms with E-state index in [4.69, 9.17) is 9.84 Å². The molecule has 1 saturated heterocycles. The third-order valence-electron chi connectivity index (χ3n) is 7.39. The van der Waals surface area contributed by atoms with Crippen molar-refractivity contribution < 1.29 is 39.9 Å². The minimum Gasteiger partial charge on any atom is -0.459 e. The molecule has 5 N–H and O–H groups in total. The van der Waals surface area contributed by atoms with Crippen molar-refractivity contribution in [1.82, 2.24) is 0 Å². The molecule has 10 heteroatoms. The summed E-state index contributed by atoms with van der Waals surface area (Å²) in [4.78, 5) is 28.3. The molecule has 0 unspecified atom stereocenters. The van der Waals surface area contributed by atoms with E-state index >= 15 is 0 Å². The van der Waals surface area contributed by atoms with Crippen LogP contribution in [0.3, 0.4) is 0 Å². The highest BCUT2D eigenvalue weighted by Crippen LogP contribution is 2.30. The number of unbranched alkanes of at least 4 members (excludes halogenated alkanes) is 3. The van der Waals surface area contributed by atoms with E-state index in [1.807, 2.05) is 11.0 Å². The number of ether oxygens (including phenoxy) is 1. The molecular formula is C30H43NO8S. The average Bonchev–Trinajstić information content (AvgIpc) is 3.59. The molecule has 0 bridgehead atoms. The number of carbonyl (C=O) groups is 2. The molecule has 1 aromatic carbocycles. The van der Waals surface area contributed by atoms with Gasteiger partial charge in [0.05, 0.1) is 6.61 Å². The topological polar surface area (TPSA) is 148 Å². The third-order valence-corrected chi connectivity index (χ3v) is 8.52. The molecule has 40 heavy (non-hydrogen) atoms. The van der Waals surface area contributed by atoms with Gasteiger partial charge >= 0.3 is 5.97 Å². The van der Waals surface area contributed by atoms with Gasteiger partial charge in [-0.25, -0.2) is 4.79 Å². The highest BCUT2D eigenvalue weighted by Gasteiger charge is 2.32. The Morgan fingerprint density at radius 3 is 2.40 bits per heavy atom. The second kappa shape index (κ2) is 16.2. The van der Waals surface area contributed by atoms with Gasteiger partial charge in [0.1, 0.15) is 35.9 Å². The number of benzene rings is 1. The zero-order valence-corrected chi connectivity index (χ0v) is 24.0. The van der Waals surface area contributed by atoms with Gasteiger partial charge in [-0.3, -0.25) is 4.79 Å². The number of rotatable bonds is 17. The van der Waals surface area contributed by atoms with Crippen molar-refractivity contribution in [2.24, 2.45) is 0 Å². The highest BCUT2D eigenvalue weighted by molar-refractivity contribution is 7.13. The van der Waals surface area contributed by atoms with Crippen LogP contribution in [0.5, 0.6) is 0 Å². The van der Waals surface area contributed by atoms with Gasteiger partial charge in [0.25, 0.3) is 0 Å². The van der Waals surface area contributed by atoms with E-state index in [2.05, 4.69) is 31.2 Å². The van der Waals surface area contributed by atoms with Crippen LogP contribution in [0.4, 0.5) is 5.69 Å². The number of nitrogens with zero attached hydrogens (tertiary/aromatic N) is 1. The molecule has 0 spiro atoms. The molecule has 1 aromatic heterocycles. The minimum atomic E-state index is -1.79. The number of aliphatic hydroxyl groups excluding tert-OH is 5. The lowest BCUT2D eigenvalue weighted by molar-refractivity contribution is -0.124. The van der Waals surface area contributed by atoms with E-state index in [9.17, 15) is 30.0 Å². The van der Waals surface area contributed by atoms with Crippen LogP contribution in [0.25, 0.3) is 0 Å². The average molecular weight is 578 g/mol. The zero-order valence-electron chi connectivity index (χ0n) is 23.2. The molecular weight excluding hydrogens is 534 g/mol. The molecule has 1 aliphatic heterocycles. The summed E-state index contributed by atoms with van der Waals surface area (Å²) in [6.45, 7) is 0.846. The van der Waals surface area contributed by atoms with Crippen molar-refractivity contribution in [3.05, 3.63) is 51.7 Å². The van der Waals surface area contributed by atoms with E-state index in [-0.39, 0.29) is 11.9 Å². The van der Waals surface area contributed by atoms with Crippen LogP contribution in [0.2, 0.25) is 0 Å². The van der Waals surface area contributed by atoms with Crippen LogP contribution in [0, 0.1) is 0 Å². The number of carbonyl (C=O) groups excluding carboxylic acids is 2. The molecule has 2 aromatic rings. The van der Waals surface area contributed by atoms with Crippen LogP contribution in [0.1, 0.15) is 78.4 Å². The van der Waals surface area contributed by atoms with Crippen LogP contribution < -0.4 is 4.90 Å². The van der Waals surface area contributed by atoms with Gasteiger partial charge in [-0.05, 0) is 68.4 Å². The zero-order chi connectivity index (χ0) is 29.1. The van der Waals surface area contributed by atoms with Gasteiger partial charge in [0.2, 0.25) is 5.91 Å². The normalized spacial score (nSPS) is 18.5. The van der Waals surface area contributed by atoms with Crippen LogP contribution >= 0.6 is 11.3 Å². The minimum absolute atomic E-state index is 0.153. The predicted octanol–water partition coefficient (Wildman–Crippen LogP) is 2.98. The van der Waals surface area contributed by atoms with E-state index in [0.717, 1.165) is 42.7 Å². The first-order valence-corrected chi connectivity index (χ1v) is 15.1. The Morgan fingerprint density at radius 1 is 0.975 bits per heavy atom. The van der Waals surface area contributed by atoms with Crippen LogP contribution in [-0.4, -0.2) is 81.1 Å². The van der Waals surface area contributed by atoms with Crippen molar-refractivity contribution in [2.75, 3.05) is 18.1 Å². The molecule has 1 fully saturated rings. The van der Waals surface area contributed by atoms with Gasteiger partial charge in [0.15, 0.2) is 0 Å². The summed E-state index contributed by atoms with van der Waals surface area (Å²) in [7, 11) is 0. The molecule has 0 saturated carbocycles. The molecule has 5 atom stereocenters. The van der Waals surface area contributed by atoms with Gasteiger partial charge in [0, 0.05) is 23.0 Å². The lowest BCUT2D eigenvalue weighted by atomic mass is 10.0. The fourth-order valence-electron chi connectivity index (χ4n) is 4.98. The monoisotopic (exact) mass is 577 g/mol. The van der Waals surface area contributed by atoms with E-state index in [0.29, 0.717) is 11.3 Å². The van der Waals surface area contributed by atoms with Gasteiger partial charge in [-0.2, -0.15) is 0 Å². The molecule has 9 nitrogen and oxygen atoms in total. The van der Waals surface area contributed by atoms with Crippen molar-refractivity contribution in [2.45, 2.75) is 102 Å². The Kier molecular flexibility index (Phi) is 13.0. The second-order valence-corrected chi connectivity index (χ2v) is 11.7. The molecule has 2 heterocycles. The van der Waals surface area contributed by atoms with Crippen LogP contribution in [0.15, 0.2) is 36.4 Å². The second-order valence-electron chi connectivity index (χ2n) is 10.5. The number of aryl methyl sites for hydroxylation is 2. The Balaban J connectivity index is 1.45. The standard InChI is InChI=1S/C30H43NO8S/c1-2-3-4-5-7-20-10-12-22(13-11-20)31-21(14-17-27(31)35)8-6-9-23-15-16-26(40-23)30(38)39-19-25(34)29(37)28(36)24(33)18-32/h10-13,15-16,21,24-25,28-29,32-34,36-37H,2-9,14,17-19H2,1H3/t21-,24+,25+,28-,29-/m0/s1. The van der Waals surface area contributed by atoms with E-state index < -0.39 is 43.6 Å². The summed E-state index contributed by atoms with van der Waals surface area (Å²) in [5, 5.41) is 47.7. The number of hydrogen-bond acceptors (Lipinski definition) is 9. The van der Waals surface area contributed by atoms with Crippen molar-refractivity contribution in [1.29, 1.82) is 0 Å². The molecule has 0 aliphatic carbocycles. The summed E-state index contributed by atoms with van der Waals surface area (Å²) in [5.41, 5.74) is 2.26. The maximum atomic E-state index is 12.7. The Hall–Kier alpha value is -2.34. The largest absolute Gasteiger partial charge is 0.459 e. The number of aliphatic hydroxyl groups is 5. The molecule has 1 aliphatic rings. The smallest absolute Gasteiger partial charge is 0.348 e. The molecule has 3 rings (SSSR count). The number of hydrogen-bond donors (Lipinski definition) is 5. The third kappa shape index (κ3) is 9.09. The number of esters is 1. The Labute approximate surface area is 240 Å². The van der Waals surface area contributed by atoms with Gasteiger partial charge in [-0.1, -0.05) is 38.3 Å². The highest BCUT2D eigenvalue weighted by atomic mass is 32.1. The maximum Gasteiger partial charge on any atom is 0.348 e. The Morgan fingerprint density at radius 2 is 1.70 bits per heavy atom. The first-order chi connectivity index (χ1) is 19.2.